The van der Waals surface area contributed by atoms with Crippen molar-refractivity contribution in [3.05, 3.63) is 48.0 Å². The maximum atomic E-state index is 10.4. The second-order valence-electron chi connectivity index (χ2n) is 5.74. The van der Waals surface area contributed by atoms with Crippen LogP contribution in [0.5, 0.6) is 11.5 Å². The predicted octanol–water partition coefficient (Wildman–Crippen LogP) is 1.25. The molecule has 0 aliphatic heterocycles. The first-order chi connectivity index (χ1) is 13.5. The van der Waals surface area contributed by atoms with Gasteiger partial charge < -0.3 is 29.3 Å². The van der Waals surface area contributed by atoms with E-state index in [2.05, 4.69) is 23.8 Å². The van der Waals surface area contributed by atoms with Crippen LogP contribution in [0.3, 0.4) is 0 Å². The Bertz CT molecular complexity index is 659. The number of ether oxygens (including phenoxy) is 2. The average molecular weight is 454 g/mol. The summed E-state index contributed by atoms with van der Waals surface area (Å²) in [5.74, 6) is -1.37. The molecule has 2 aromatic heterocycles. The predicted molar refractivity (Wildman–Crippen MR) is 97.9 cm³/mol. The van der Waals surface area contributed by atoms with Gasteiger partial charge in [0.25, 0.3) is 0 Å². The Labute approximate surface area is 183 Å². The van der Waals surface area contributed by atoms with E-state index < -0.39 is 11.9 Å². The maximum absolute atomic E-state index is 10.4. The summed E-state index contributed by atoms with van der Waals surface area (Å²) >= 11 is 0. The van der Waals surface area contributed by atoms with Gasteiger partial charge in [0, 0.05) is 0 Å². The smallest absolute Gasteiger partial charge is 0.543 e. The molecule has 0 amide bonds. The fourth-order valence-electron chi connectivity index (χ4n) is 1.84. The second-order valence-corrected chi connectivity index (χ2v) is 5.74. The fourth-order valence-corrected chi connectivity index (χ4v) is 1.84. The van der Waals surface area contributed by atoms with Gasteiger partial charge in [-0.2, -0.15) is 0 Å². The number of aromatic nitrogens is 2. The van der Waals surface area contributed by atoms with Crippen molar-refractivity contribution in [2.45, 2.75) is 39.5 Å². The average Bonchev–Trinajstić information content (AvgIpc) is 2.70. The standard InChI is InChI=1S/2C10H13NO3.Zn/c2*1-2-3-6-14-8-4-5-9(10(12)13)11-7-8;/h2*4-5,7H,2-3,6H2,1H3,(H,12,13);/q;;+2/p-2. The molecule has 29 heavy (non-hydrogen) atoms. The van der Waals surface area contributed by atoms with Crippen LogP contribution in [0.25, 0.3) is 0 Å². The Morgan fingerprint density at radius 3 is 1.41 bits per heavy atom. The van der Waals surface area contributed by atoms with Gasteiger partial charge in [-0.1, -0.05) is 26.7 Å². The van der Waals surface area contributed by atoms with Gasteiger partial charge in [0.2, 0.25) is 0 Å². The molecule has 0 spiro atoms. The summed E-state index contributed by atoms with van der Waals surface area (Å²) in [4.78, 5) is 28.1. The van der Waals surface area contributed by atoms with Gasteiger partial charge >= 0.3 is 19.5 Å². The number of carboxylic acids is 2. The molecule has 0 N–H and O–H groups in total. The number of rotatable bonds is 10. The summed E-state index contributed by atoms with van der Waals surface area (Å²) in [6, 6.07) is 5.90. The van der Waals surface area contributed by atoms with Crippen LogP contribution in [0.2, 0.25) is 0 Å². The number of unbranched alkanes of at least 4 members (excludes halogenated alkanes) is 2. The molecule has 2 rings (SSSR count). The summed E-state index contributed by atoms with van der Waals surface area (Å²) < 4.78 is 10.6. The molecule has 152 valence electrons. The molecule has 2 heterocycles. The van der Waals surface area contributed by atoms with Gasteiger partial charge in [-0.05, 0) is 37.1 Å². The summed E-state index contributed by atoms with van der Waals surface area (Å²) in [5.41, 5.74) is -0.152. The van der Waals surface area contributed by atoms with Crippen molar-refractivity contribution >= 4 is 11.9 Å². The number of carbonyl (C=O) groups is 2. The van der Waals surface area contributed by atoms with E-state index in [4.69, 9.17) is 9.47 Å². The van der Waals surface area contributed by atoms with Crippen molar-refractivity contribution in [1.29, 1.82) is 0 Å². The topological polar surface area (TPSA) is 125 Å². The second kappa shape index (κ2) is 15.4. The van der Waals surface area contributed by atoms with Crippen LogP contribution in [0.1, 0.15) is 60.5 Å². The molecule has 0 aliphatic rings. The first-order valence-electron chi connectivity index (χ1n) is 9.08. The zero-order valence-electron chi connectivity index (χ0n) is 16.8. The maximum Gasteiger partial charge on any atom is 2.00 e. The van der Waals surface area contributed by atoms with Crippen molar-refractivity contribution in [1.82, 2.24) is 9.97 Å². The summed E-state index contributed by atoms with van der Waals surface area (Å²) in [6.07, 6.45) is 6.85. The van der Waals surface area contributed by atoms with Gasteiger partial charge in [0.05, 0.1) is 48.9 Å². The van der Waals surface area contributed by atoms with Crippen molar-refractivity contribution in [2.24, 2.45) is 0 Å². The number of nitrogens with zero attached hydrogens (tertiary/aromatic N) is 2. The van der Waals surface area contributed by atoms with Crippen LogP contribution in [-0.2, 0) is 19.5 Å². The third kappa shape index (κ3) is 11.1. The monoisotopic (exact) mass is 452 g/mol. The van der Waals surface area contributed by atoms with Crippen molar-refractivity contribution in [3.63, 3.8) is 0 Å². The Hall–Kier alpha value is -2.54. The number of carboxylic acid groups (broad SMARTS) is 2. The molecule has 0 bridgehead atoms. The minimum Gasteiger partial charge on any atom is -0.543 e. The molecule has 0 aliphatic carbocycles. The molecule has 0 aromatic carbocycles. The van der Waals surface area contributed by atoms with Crippen LogP contribution < -0.4 is 19.7 Å². The first kappa shape index (κ1) is 26.5. The third-order valence-electron chi connectivity index (χ3n) is 3.42. The molecule has 0 saturated heterocycles. The molecule has 9 heteroatoms. The van der Waals surface area contributed by atoms with Crippen LogP contribution in [0.4, 0.5) is 0 Å². The molecular weight excluding hydrogens is 430 g/mol. The van der Waals surface area contributed by atoms with Crippen molar-refractivity contribution in [2.75, 3.05) is 13.2 Å². The Balaban J connectivity index is 0.000000523. The van der Waals surface area contributed by atoms with Crippen LogP contribution >= 0.6 is 0 Å². The Morgan fingerprint density at radius 1 is 0.793 bits per heavy atom. The SMILES string of the molecule is CCCCOc1ccc(C(=O)[O-])nc1.CCCCOc1ccc(C(=O)[O-])nc1.[Zn+2]. The molecule has 0 fully saturated rings. The molecule has 0 atom stereocenters. The van der Waals surface area contributed by atoms with Gasteiger partial charge in [-0.25, -0.2) is 0 Å². The first-order valence-corrected chi connectivity index (χ1v) is 9.08. The van der Waals surface area contributed by atoms with E-state index in [0.29, 0.717) is 24.7 Å². The zero-order valence-corrected chi connectivity index (χ0v) is 19.7. The van der Waals surface area contributed by atoms with E-state index in [1.807, 2.05) is 0 Å². The van der Waals surface area contributed by atoms with Crippen molar-refractivity contribution < 1.29 is 48.8 Å². The van der Waals surface area contributed by atoms with Gasteiger partial charge in [-0.15, -0.1) is 0 Å². The molecule has 0 radical (unpaired) electrons. The minimum absolute atomic E-state index is 0. The zero-order chi connectivity index (χ0) is 20.8. The summed E-state index contributed by atoms with van der Waals surface area (Å²) in [5, 5.41) is 20.7. The summed E-state index contributed by atoms with van der Waals surface area (Å²) in [7, 11) is 0. The Kier molecular flexibility index (Phi) is 14.0. The summed E-state index contributed by atoms with van der Waals surface area (Å²) in [6.45, 7) is 5.40. The van der Waals surface area contributed by atoms with Crippen molar-refractivity contribution in [3.8, 4) is 11.5 Å². The van der Waals surface area contributed by atoms with Gasteiger partial charge in [0.15, 0.2) is 0 Å². The molecule has 2 aromatic rings. The van der Waals surface area contributed by atoms with E-state index in [1.54, 1.807) is 12.1 Å². The number of carbonyl (C=O) groups excluding carboxylic acids is 2. The largest absolute Gasteiger partial charge is 2.00 e. The third-order valence-corrected chi connectivity index (χ3v) is 3.42. The van der Waals surface area contributed by atoms with Crippen LogP contribution in [0, 0.1) is 0 Å². The van der Waals surface area contributed by atoms with E-state index in [0.717, 1.165) is 25.7 Å². The van der Waals surface area contributed by atoms with Crippen LogP contribution in [0.15, 0.2) is 36.7 Å². The fraction of sp³-hybridized carbons (Fsp3) is 0.400. The number of hydrogen-bond donors (Lipinski definition) is 0. The van der Waals surface area contributed by atoms with Gasteiger partial charge in [0.1, 0.15) is 11.5 Å². The Morgan fingerprint density at radius 2 is 1.17 bits per heavy atom. The van der Waals surface area contributed by atoms with E-state index >= 15 is 0 Å². The molecular formula is C20H24N2O6Zn. The molecule has 0 saturated carbocycles. The quantitative estimate of drug-likeness (QED) is 0.389. The van der Waals surface area contributed by atoms with E-state index in [-0.39, 0.29) is 30.9 Å². The van der Waals surface area contributed by atoms with Gasteiger partial charge in [-0.3, -0.25) is 9.97 Å². The van der Waals surface area contributed by atoms with E-state index in [1.165, 1.54) is 24.5 Å². The normalized spacial score (nSPS) is 9.45. The van der Waals surface area contributed by atoms with Crippen LogP contribution in [-0.4, -0.2) is 35.1 Å². The molecule has 0 unspecified atom stereocenters. The number of hydrogen-bond acceptors (Lipinski definition) is 8. The molecule has 8 nitrogen and oxygen atoms in total. The number of pyridine rings is 2. The minimum atomic E-state index is -1.27. The number of aromatic carboxylic acids is 2. The van der Waals surface area contributed by atoms with E-state index in [9.17, 15) is 19.8 Å².